The molecule has 1 saturated carbocycles. The fourth-order valence-corrected chi connectivity index (χ4v) is 1.76. The molecule has 0 spiro atoms. The third kappa shape index (κ3) is 2.03. The lowest BCUT2D eigenvalue weighted by atomic mass is 10.1. The van der Waals surface area contributed by atoms with Gasteiger partial charge in [-0.25, -0.2) is 0 Å². The van der Waals surface area contributed by atoms with Crippen molar-refractivity contribution in [2.45, 2.75) is 32.6 Å². The fourth-order valence-electron chi connectivity index (χ4n) is 1.76. The maximum atomic E-state index is 11.5. The molecule has 0 radical (unpaired) electrons. The predicted molar refractivity (Wildman–Crippen MR) is 54.0 cm³/mol. The summed E-state index contributed by atoms with van der Waals surface area (Å²) in [5.74, 6) is 0.827. The van der Waals surface area contributed by atoms with E-state index < -0.39 is 0 Å². The Kier molecular flexibility index (Phi) is 2.40. The number of Topliss-reactive ketones (excluding diaryl/α,β-unsaturated/α-hetero) is 1. The lowest BCUT2D eigenvalue weighted by Crippen LogP contribution is -2.05. The second kappa shape index (κ2) is 3.56. The van der Waals surface area contributed by atoms with Crippen molar-refractivity contribution in [3.63, 3.8) is 0 Å². The summed E-state index contributed by atoms with van der Waals surface area (Å²) in [4.78, 5) is 11.5. The zero-order valence-electron chi connectivity index (χ0n) is 8.79. The maximum Gasteiger partial charge on any atom is 0.136 e. The normalized spacial score (nSPS) is 15.9. The zero-order valence-corrected chi connectivity index (χ0v) is 8.79. The molecular weight excluding hydrogens is 176 g/mol. The first-order valence-electron chi connectivity index (χ1n) is 5.19. The molecule has 1 aliphatic carbocycles. The SMILES string of the molecule is Cc1cc(CCC(=O)C2CC2)n(C)n1. The van der Waals surface area contributed by atoms with Gasteiger partial charge in [0.25, 0.3) is 0 Å². The minimum atomic E-state index is 0.393. The maximum absolute atomic E-state index is 11.5. The van der Waals surface area contributed by atoms with Crippen molar-refractivity contribution in [2.75, 3.05) is 0 Å². The zero-order chi connectivity index (χ0) is 10.1. The van der Waals surface area contributed by atoms with Crippen LogP contribution in [0.25, 0.3) is 0 Å². The van der Waals surface area contributed by atoms with Crippen LogP contribution in [-0.2, 0) is 18.3 Å². The molecule has 0 aromatic carbocycles. The van der Waals surface area contributed by atoms with Crippen LogP contribution in [0.4, 0.5) is 0 Å². The molecule has 3 nitrogen and oxygen atoms in total. The van der Waals surface area contributed by atoms with Crippen LogP contribution in [-0.4, -0.2) is 15.6 Å². The molecule has 1 heterocycles. The Hall–Kier alpha value is -1.12. The van der Waals surface area contributed by atoms with E-state index in [1.54, 1.807) is 0 Å². The van der Waals surface area contributed by atoms with Crippen molar-refractivity contribution in [1.29, 1.82) is 0 Å². The largest absolute Gasteiger partial charge is 0.299 e. The highest BCUT2D eigenvalue weighted by Gasteiger charge is 2.28. The Bertz CT molecular complexity index is 350. The Morgan fingerprint density at radius 2 is 2.36 bits per heavy atom. The van der Waals surface area contributed by atoms with Gasteiger partial charge in [0.2, 0.25) is 0 Å². The van der Waals surface area contributed by atoms with Crippen molar-refractivity contribution in [1.82, 2.24) is 9.78 Å². The minimum Gasteiger partial charge on any atom is -0.299 e. The van der Waals surface area contributed by atoms with Crippen LogP contribution in [0.5, 0.6) is 0 Å². The third-order valence-corrected chi connectivity index (χ3v) is 2.76. The molecule has 0 N–H and O–H groups in total. The molecule has 14 heavy (non-hydrogen) atoms. The van der Waals surface area contributed by atoms with E-state index >= 15 is 0 Å². The van der Waals surface area contributed by atoms with Gasteiger partial charge in [-0.2, -0.15) is 5.10 Å². The topological polar surface area (TPSA) is 34.9 Å². The van der Waals surface area contributed by atoms with Crippen LogP contribution in [0.3, 0.4) is 0 Å². The summed E-state index contributed by atoms with van der Waals surface area (Å²) in [6.07, 6.45) is 3.75. The lowest BCUT2D eigenvalue weighted by molar-refractivity contribution is -0.120. The van der Waals surface area contributed by atoms with Crippen molar-refractivity contribution in [3.05, 3.63) is 17.5 Å². The van der Waals surface area contributed by atoms with Crippen LogP contribution < -0.4 is 0 Å². The number of aromatic nitrogens is 2. The molecule has 1 aromatic heterocycles. The Balaban J connectivity index is 1.90. The highest BCUT2D eigenvalue weighted by atomic mass is 16.1. The van der Waals surface area contributed by atoms with Gasteiger partial charge in [0.1, 0.15) is 5.78 Å². The number of hydrogen-bond acceptors (Lipinski definition) is 2. The molecule has 0 bridgehead atoms. The first-order chi connectivity index (χ1) is 6.66. The van der Waals surface area contributed by atoms with Gasteiger partial charge in [-0.1, -0.05) is 0 Å². The number of hydrogen-bond donors (Lipinski definition) is 0. The van der Waals surface area contributed by atoms with Crippen molar-refractivity contribution < 1.29 is 4.79 Å². The summed E-state index contributed by atoms with van der Waals surface area (Å²) in [5, 5.41) is 4.25. The van der Waals surface area contributed by atoms with Gasteiger partial charge in [-0.3, -0.25) is 9.48 Å². The van der Waals surface area contributed by atoms with E-state index in [1.807, 2.05) is 18.7 Å². The molecule has 1 fully saturated rings. The van der Waals surface area contributed by atoms with E-state index in [0.29, 0.717) is 18.1 Å². The van der Waals surface area contributed by atoms with Crippen LogP contribution in [0.1, 0.15) is 30.7 Å². The molecule has 1 aromatic rings. The molecule has 76 valence electrons. The van der Waals surface area contributed by atoms with Gasteiger partial charge in [0.15, 0.2) is 0 Å². The van der Waals surface area contributed by atoms with Gasteiger partial charge in [-0.15, -0.1) is 0 Å². The second-order valence-electron chi connectivity index (χ2n) is 4.14. The molecule has 0 unspecified atom stereocenters. The Morgan fingerprint density at radius 3 is 2.86 bits per heavy atom. The van der Waals surface area contributed by atoms with E-state index in [2.05, 4.69) is 11.2 Å². The number of carbonyl (C=O) groups is 1. The van der Waals surface area contributed by atoms with Gasteiger partial charge in [0, 0.05) is 25.1 Å². The first kappa shape index (κ1) is 9.44. The van der Waals surface area contributed by atoms with E-state index in [0.717, 1.165) is 30.7 Å². The average Bonchev–Trinajstić information content (AvgIpc) is 2.90. The highest BCUT2D eigenvalue weighted by molar-refractivity contribution is 5.83. The van der Waals surface area contributed by atoms with Crippen LogP contribution in [0.2, 0.25) is 0 Å². The summed E-state index contributed by atoms with van der Waals surface area (Å²) in [6, 6.07) is 2.06. The van der Waals surface area contributed by atoms with E-state index in [4.69, 9.17) is 0 Å². The Labute approximate surface area is 84.1 Å². The van der Waals surface area contributed by atoms with Gasteiger partial charge in [0.05, 0.1) is 5.69 Å². The quantitative estimate of drug-likeness (QED) is 0.727. The number of nitrogens with zero attached hydrogens (tertiary/aromatic N) is 2. The molecule has 1 aliphatic rings. The number of ketones is 1. The number of aryl methyl sites for hydroxylation is 3. The monoisotopic (exact) mass is 192 g/mol. The molecule has 3 heteroatoms. The standard InChI is InChI=1S/C11H16N2O/c1-8-7-10(13(2)12-8)5-6-11(14)9-3-4-9/h7,9H,3-6H2,1-2H3. The van der Waals surface area contributed by atoms with E-state index in [9.17, 15) is 4.79 Å². The average molecular weight is 192 g/mol. The van der Waals surface area contributed by atoms with Crippen LogP contribution >= 0.6 is 0 Å². The summed E-state index contributed by atoms with van der Waals surface area (Å²) in [5.41, 5.74) is 2.19. The molecule has 0 amide bonds. The number of rotatable bonds is 4. The van der Waals surface area contributed by atoms with Gasteiger partial charge < -0.3 is 0 Å². The molecular formula is C11H16N2O. The molecule has 2 rings (SSSR count). The van der Waals surface area contributed by atoms with Crippen molar-refractivity contribution in [3.8, 4) is 0 Å². The summed E-state index contributed by atoms with van der Waals surface area (Å²) in [7, 11) is 1.93. The van der Waals surface area contributed by atoms with Crippen molar-refractivity contribution >= 4 is 5.78 Å². The first-order valence-corrected chi connectivity index (χ1v) is 5.19. The van der Waals surface area contributed by atoms with Crippen LogP contribution in [0, 0.1) is 12.8 Å². The molecule has 0 saturated heterocycles. The molecule has 0 aliphatic heterocycles. The Morgan fingerprint density at radius 1 is 1.64 bits per heavy atom. The summed E-state index contributed by atoms with van der Waals surface area (Å²) in [6.45, 7) is 1.98. The van der Waals surface area contributed by atoms with Gasteiger partial charge >= 0.3 is 0 Å². The lowest BCUT2D eigenvalue weighted by Gasteiger charge is -2.00. The summed E-state index contributed by atoms with van der Waals surface area (Å²) >= 11 is 0. The van der Waals surface area contributed by atoms with Crippen molar-refractivity contribution in [2.24, 2.45) is 13.0 Å². The fraction of sp³-hybridized carbons (Fsp3) is 0.636. The van der Waals surface area contributed by atoms with E-state index in [1.165, 1.54) is 0 Å². The second-order valence-corrected chi connectivity index (χ2v) is 4.14. The van der Waals surface area contributed by atoms with Crippen LogP contribution in [0.15, 0.2) is 6.07 Å². The van der Waals surface area contributed by atoms with E-state index in [-0.39, 0.29) is 0 Å². The molecule has 0 atom stereocenters. The van der Waals surface area contributed by atoms with Gasteiger partial charge in [-0.05, 0) is 32.3 Å². The third-order valence-electron chi connectivity index (χ3n) is 2.76. The smallest absolute Gasteiger partial charge is 0.136 e. The number of carbonyl (C=O) groups excluding carboxylic acids is 1. The minimum absolute atomic E-state index is 0.393. The highest BCUT2D eigenvalue weighted by Crippen LogP contribution is 2.31. The summed E-state index contributed by atoms with van der Waals surface area (Å²) < 4.78 is 1.87. The predicted octanol–water partition coefficient (Wildman–Crippen LogP) is 1.64.